The second-order valence-electron chi connectivity index (χ2n) is 2.67. The molecule has 0 aromatic heterocycles. The van der Waals surface area contributed by atoms with Crippen LogP contribution >= 0.6 is 28.3 Å². The van der Waals surface area contributed by atoms with Crippen molar-refractivity contribution in [2.45, 2.75) is 6.04 Å². The Morgan fingerprint density at radius 1 is 1.60 bits per heavy atom. The monoisotopic (exact) mass is 297 g/mol. The van der Waals surface area contributed by atoms with Crippen molar-refractivity contribution in [1.82, 2.24) is 0 Å². The van der Waals surface area contributed by atoms with Crippen molar-refractivity contribution < 1.29 is 13.9 Å². The predicted molar refractivity (Wildman–Crippen MR) is 60.3 cm³/mol. The van der Waals surface area contributed by atoms with Crippen LogP contribution in [0.5, 0.6) is 0 Å². The highest BCUT2D eigenvalue weighted by molar-refractivity contribution is 9.10. The average Bonchev–Trinajstić information content (AvgIpc) is 2.15. The van der Waals surface area contributed by atoms with E-state index in [1.54, 1.807) is 6.07 Å². The zero-order chi connectivity index (χ0) is 10.7. The first-order valence-corrected chi connectivity index (χ1v) is 4.64. The molecule has 6 heteroatoms. The van der Waals surface area contributed by atoms with Gasteiger partial charge in [-0.25, -0.2) is 4.39 Å². The first-order valence-electron chi connectivity index (χ1n) is 3.84. The van der Waals surface area contributed by atoms with Gasteiger partial charge in [0.25, 0.3) is 0 Å². The molecule has 0 aliphatic heterocycles. The van der Waals surface area contributed by atoms with E-state index in [0.717, 1.165) is 0 Å². The third-order valence-electron chi connectivity index (χ3n) is 1.75. The van der Waals surface area contributed by atoms with Gasteiger partial charge in [0.2, 0.25) is 0 Å². The van der Waals surface area contributed by atoms with Crippen LogP contribution in [0.2, 0.25) is 0 Å². The van der Waals surface area contributed by atoms with Crippen LogP contribution in [0.25, 0.3) is 0 Å². The maximum atomic E-state index is 13.3. The average molecular weight is 299 g/mol. The summed E-state index contributed by atoms with van der Waals surface area (Å²) in [5, 5.41) is 0. The Hall–Kier alpha value is -0.650. The van der Waals surface area contributed by atoms with E-state index < -0.39 is 17.8 Å². The third-order valence-corrected chi connectivity index (χ3v) is 2.25. The van der Waals surface area contributed by atoms with Crippen LogP contribution in [0.1, 0.15) is 11.6 Å². The van der Waals surface area contributed by atoms with Crippen molar-refractivity contribution in [3.8, 4) is 0 Å². The van der Waals surface area contributed by atoms with Crippen LogP contribution in [0.3, 0.4) is 0 Å². The first-order chi connectivity index (χ1) is 6.56. The number of ether oxygens (including phenoxy) is 1. The van der Waals surface area contributed by atoms with Crippen molar-refractivity contribution in [1.29, 1.82) is 0 Å². The van der Waals surface area contributed by atoms with Gasteiger partial charge in [-0.05, 0) is 12.1 Å². The maximum Gasteiger partial charge on any atom is 0.327 e. The van der Waals surface area contributed by atoms with Gasteiger partial charge in [0.1, 0.15) is 11.9 Å². The van der Waals surface area contributed by atoms with E-state index in [9.17, 15) is 9.18 Å². The molecule has 0 amide bonds. The highest BCUT2D eigenvalue weighted by atomic mass is 79.9. The molecule has 0 saturated heterocycles. The van der Waals surface area contributed by atoms with Crippen molar-refractivity contribution in [3.05, 3.63) is 34.1 Å². The molecule has 0 heterocycles. The molecule has 0 saturated carbocycles. The topological polar surface area (TPSA) is 52.3 Å². The Balaban J connectivity index is 0.00000196. The molecule has 15 heavy (non-hydrogen) atoms. The molecular weight excluding hydrogens is 288 g/mol. The SMILES string of the molecule is COC(=O)[C@H](N)c1ccc(Br)cc1F.Cl. The van der Waals surface area contributed by atoms with Gasteiger partial charge in [-0.2, -0.15) is 0 Å². The van der Waals surface area contributed by atoms with E-state index >= 15 is 0 Å². The van der Waals surface area contributed by atoms with Crippen molar-refractivity contribution in [3.63, 3.8) is 0 Å². The minimum atomic E-state index is -1.08. The molecule has 1 atom stereocenters. The van der Waals surface area contributed by atoms with Crippen molar-refractivity contribution >= 4 is 34.3 Å². The number of hydrogen-bond donors (Lipinski definition) is 1. The Kier molecular flexibility index (Phi) is 5.79. The minimum Gasteiger partial charge on any atom is -0.468 e. The predicted octanol–water partition coefficient (Wildman–Crippen LogP) is 2.18. The molecule has 0 bridgehead atoms. The standard InChI is InChI=1S/C9H9BrFNO2.ClH/c1-14-9(13)8(12)6-3-2-5(10)4-7(6)11;/h2-4,8H,12H2,1H3;1H/t8-;/m1./s1. The number of carbonyl (C=O) groups is 1. The summed E-state index contributed by atoms with van der Waals surface area (Å²) in [4.78, 5) is 11.0. The Morgan fingerprint density at radius 3 is 2.67 bits per heavy atom. The highest BCUT2D eigenvalue weighted by Crippen LogP contribution is 2.20. The van der Waals surface area contributed by atoms with Gasteiger partial charge in [-0.3, -0.25) is 4.79 Å². The number of rotatable bonds is 2. The molecule has 3 nitrogen and oxygen atoms in total. The molecule has 0 spiro atoms. The first kappa shape index (κ1) is 14.3. The molecule has 2 N–H and O–H groups in total. The number of methoxy groups -OCH3 is 1. The van der Waals surface area contributed by atoms with E-state index in [1.165, 1.54) is 19.2 Å². The Morgan fingerprint density at radius 2 is 2.20 bits per heavy atom. The molecule has 84 valence electrons. The van der Waals surface area contributed by atoms with Crippen molar-refractivity contribution in [2.75, 3.05) is 7.11 Å². The smallest absolute Gasteiger partial charge is 0.327 e. The van der Waals surface area contributed by atoms with Crippen LogP contribution < -0.4 is 5.73 Å². The number of carbonyl (C=O) groups excluding carboxylic acids is 1. The third kappa shape index (κ3) is 3.44. The van der Waals surface area contributed by atoms with Crippen LogP contribution in [0.15, 0.2) is 22.7 Å². The number of nitrogens with two attached hydrogens (primary N) is 1. The normalized spacial score (nSPS) is 11.5. The Labute approximate surface area is 101 Å². The summed E-state index contributed by atoms with van der Waals surface area (Å²) in [5.41, 5.74) is 5.60. The largest absolute Gasteiger partial charge is 0.468 e. The molecule has 0 aliphatic rings. The molecule has 1 rings (SSSR count). The molecule has 1 aromatic carbocycles. The van der Waals surface area contributed by atoms with Crippen LogP contribution in [-0.4, -0.2) is 13.1 Å². The lowest BCUT2D eigenvalue weighted by Crippen LogP contribution is -2.23. The summed E-state index contributed by atoms with van der Waals surface area (Å²) in [6.07, 6.45) is 0. The summed E-state index contributed by atoms with van der Waals surface area (Å²) < 4.78 is 18.3. The lowest BCUT2D eigenvalue weighted by molar-refractivity contribution is -0.142. The zero-order valence-corrected chi connectivity index (χ0v) is 10.3. The van der Waals surface area contributed by atoms with Gasteiger partial charge >= 0.3 is 5.97 Å². The highest BCUT2D eigenvalue weighted by Gasteiger charge is 2.19. The van der Waals surface area contributed by atoms with E-state index in [-0.39, 0.29) is 18.0 Å². The minimum absolute atomic E-state index is 0. The lowest BCUT2D eigenvalue weighted by atomic mass is 10.1. The zero-order valence-electron chi connectivity index (χ0n) is 7.87. The fourth-order valence-corrected chi connectivity index (χ4v) is 1.34. The van der Waals surface area contributed by atoms with Crippen LogP contribution in [0, 0.1) is 5.82 Å². The molecular formula is C9H10BrClFNO2. The second-order valence-corrected chi connectivity index (χ2v) is 3.58. The van der Waals surface area contributed by atoms with Gasteiger partial charge < -0.3 is 10.5 Å². The van der Waals surface area contributed by atoms with Crippen LogP contribution in [-0.2, 0) is 9.53 Å². The molecule has 0 radical (unpaired) electrons. The summed E-state index contributed by atoms with van der Waals surface area (Å²) in [5.74, 6) is -1.19. The second kappa shape index (κ2) is 6.05. The van der Waals surface area contributed by atoms with Gasteiger partial charge in [-0.1, -0.05) is 22.0 Å². The number of esters is 1. The quantitative estimate of drug-likeness (QED) is 0.852. The summed E-state index contributed by atoms with van der Waals surface area (Å²) in [7, 11) is 1.21. The Bertz CT molecular complexity index is 362. The van der Waals surface area contributed by atoms with Gasteiger partial charge in [0, 0.05) is 10.0 Å². The number of benzene rings is 1. The molecule has 0 aliphatic carbocycles. The summed E-state index contributed by atoms with van der Waals surface area (Å²) in [6.45, 7) is 0. The van der Waals surface area contributed by atoms with Gasteiger partial charge in [0.15, 0.2) is 0 Å². The lowest BCUT2D eigenvalue weighted by Gasteiger charge is -2.10. The molecule has 0 unspecified atom stereocenters. The van der Waals surface area contributed by atoms with E-state index in [2.05, 4.69) is 20.7 Å². The summed E-state index contributed by atoms with van der Waals surface area (Å²) in [6, 6.07) is 3.23. The maximum absolute atomic E-state index is 13.3. The number of halogens is 3. The van der Waals surface area contributed by atoms with Gasteiger partial charge in [-0.15, -0.1) is 12.4 Å². The van der Waals surface area contributed by atoms with Crippen molar-refractivity contribution in [2.24, 2.45) is 5.73 Å². The number of hydrogen-bond acceptors (Lipinski definition) is 3. The van der Waals surface area contributed by atoms with E-state index in [1.807, 2.05) is 0 Å². The molecule has 0 fully saturated rings. The molecule has 1 aromatic rings. The van der Waals surface area contributed by atoms with Gasteiger partial charge in [0.05, 0.1) is 7.11 Å². The van der Waals surface area contributed by atoms with E-state index in [4.69, 9.17) is 5.73 Å². The van der Waals surface area contributed by atoms with Crippen LogP contribution in [0.4, 0.5) is 4.39 Å². The fraction of sp³-hybridized carbons (Fsp3) is 0.222. The fourth-order valence-electron chi connectivity index (χ4n) is 1.01. The van der Waals surface area contributed by atoms with E-state index in [0.29, 0.717) is 4.47 Å². The summed E-state index contributed by atoms with van der Waals surface area (Å²) >= 11 is 3.10.